The smallest absolute Gasteiger partial charge is 0.231 e. The number of carbonyl (C=O) groups excluding carboxylic acids is 2. The van der Waals surface area contributed by atoms with E-state index in [1.807, 2.05) is 4.90 Å². The molecule has 0 bridgehead atoms. The summed E-state index contributed by atoms with van der Waals surface area (Å²) >= 11 is 0. The fourth-order valence-electron chi connectivity index (χ4n) is 3.19. The van der Waals surface area contributed by atoms with Crippen molar-refractivity contribution < 1.29 is 18.4 Å². The molecule has 1 unspecified atom stereocenters. The van der Waals surface area contributed by atoms with Crippen molar-refractivity contribution in [3.8, 4) is 11.3 Å². The van der Waals surface area contributed by atoms with E-state index in [0.717, 1.165) is 24.9 Å². The molecule has 1 aromatic carbocycles. The Hall–Kier alpha value is -2.67. The first-order valence-corrected chi connectivity index (χ1v) is 8.64. The van der Waals surface area contributed by atoms with Crippen molar-refractivity contribution in [3.63, 3.8) is 0 Å². The molecule has 1 aromatic heterocycles. The molecule has 26 heavy (non-hydrogen) atoms. The van der Waals surface area contributed by atoms with Crippen molar-refractivity contribution in [1.82, 2.24) is 10.2 Å². The Balaban J connectivity index is 1.53. The van der Waals surface area contributed by atoms with Gasteiger partial charge in [-0.3, -0.25) is 14.5 Å². The molecular weight excluding hydrogens is 337 g/mol. The van der Waals surface area contributed by atoms with Gasteiger partial charge in [0, 0.05) is 12.1 Å². The van der Waals surface area contributed by atoms with Gasteiger partial charge in [-0.1, -0.05) is 0 Å². The molecule has 2 heterocycles. The number of benzene rings is 1. The van der Waals surface area contributed by atoms with E-state index in [9.17, 15) is 14.0 Å². The number of hydrogen-bond donors (Lipinski definition) is 2. The zero-order valence-corrected chi connectivity index (χ0v) is 14.4. The first kappa shape index (κ1) is 18.1. The highest BCUT2D eigenvalue weighted by atomic mass is 19.1. The van der Waals surface area contributed by atoms with Crippen molar-refractivity contribution in [2.45, 2.75) is 19.4 Å². The zero-order chi connectivity index (χ0) is 18.5. The van der Waals surface area contributed by atoms with Crippen molar-refractivity contribution in [3.05, 3.63) is 48.0 Å². The Morgan fingerprint density at radius 1 is 1.23 bits per heavy atom. The summed E-state index contributed by atoms with van der Waals surface area (Å²) in [7, 11) is 0. The molecule has 3 rings (SSSR count). The van der Waals surface area contributed by atoms with Crippen LogP contribution >= 0.6 is 0 Å². The number of likely N-dealkylation sites (tertiary alicyclic amines) is 1. The largest absolute Gasteiger partial charge is 0.459 e. The third-order valence-electron chi connectivity index (χ3n) is 4.48. The van der Waals surface area contributed by atoms with Crippen LogP contribution in [0.5, 0.6) is 0 Å². The van der Waals surface area contributed by atoms with Crippen LogP contribution in [0.15, 0.2) is 40.8 Å². The number of halogens is 1. The van der Waals surface area contributed by atoms with Crippen LogP contribution in [0.25, 0.3) is 11.3 Å². The summed E-state index contributed by atoms with van der Waals surface area (Å²) in [6, 6.07) is 9.63. The van der Waals surface area contributed by atoms with Gasteiger partial charge < -0.3 is 15.5 Å². The van der Waals surface area contributed by atoms with Gasteiger partial charge in [0.2, 0.25) is 11.8 Å². The Morgan fingerprint density at radius 3 is 2.73 bits per heavy atom. The summed E-state index contributed by atoms with van der Waals surface area (Å²) in [5.41, 5.74) is 6.00. The molecule has 0 spiro atoms. The molecule has 1 fully saturated rings. The SMILES string of the molecule is NC(=O)CN1CCCC(C(=O)NCc2ccc(-c3ccc(F)cc3)o2)C1. The van der Waals surface area contributed by atoms with Crippen LogP contribution in [0.2, 0.25) is 0 Å². The zero-order valence-electron chi connectivity index (χ0n) is 14.4. The van der Waals surface area contributed by atoms with Gasteiger partial charge in [-0.15, -0.1) is 0 Å². The van der Waals surface area contributed by atoms with Gasteiger partial charge in [0.05, 0.1) is 19.0 Å². The van der Waals surface area contributed by atoms with Crippen molar-refractivity contribution in [2.24, 2.45) is 11.7 Å². The molecule has 2 aromatic rings. The van der Waals surface area contributed by atoms with E-state index in [0.29, 0.717) is 18.1 Å². The molecule has 138 valence electrons. The minimum atomic E-state index is -0.380. The lowest BCUT2D eigenvalue weighted by molar-refractivity contribution is -0.128. The van der Waals surface area contributed by atoms with Crippen molar-refractivity contribution in [1.29, 1.82) is 0 Å². The van der Waals surface area contributed by atoms with Gasteiger partial charge in [0.1, 0.15) is 17.3 Å². The number of rotatable bonds is 6. The van der Waals surface area contributed by atoms with Gasteiger partial charge in [0.25, 0.3) is 0 Å². The highest BCUT2D eigenvalue weighted by molar-refractivity contribution is 5.79. The van der Waals surface area contributed by atoms with Gasteiger partial charge in [-0.05, 0) is 55.8 Å². The quantitative estimate of drug-likeness (QED) is 0.824. The first-order chi connectivity index (χ1) is 12.5. The summed E-state index contributed by atoms with van der Waals surface area (Å²) in [5.74, 6) is 0.358. The van der Waals surface area contributed by atoms with E-state index in [1.54, 1.807) is 24.3 Å². The number of hydrogen-bond acceptors (Lipinski definition) is 4. The number of carbonyl (C=O) groups is 2. The van der Waals surface area contributed by atoms with Crippen molar-refractivity contribution in [2.75, 3.05) is 19.6 Å². The molecule has 7 heteroatoms. The van der Waals surface area contributed by atoms with Crippen LogP contribution in [0.1, 0.15) is 18.6 Å². The predicted octanol–water partition coefficient (Wildman–Crippen LogP) is 1.90. The molecule has 0 radical (unpaired) electrons. The average molecular weight is 359 g/mol. The topological polar surface area (TPSA) is 88.6 Å². The summed E-state index contributed by atoms with van der Waals surface area (Å²) in [6.45, 7) is 1.79. The van der Waals surface area contributed by atoms with Gasteiger partial charge >= 0.3 is 0 Å². The monoisotopic (exact) mass is 359 g/mol. The molecule has 0 saturated carbocycles. The van der Waals surface area contributed by atoms with Crippen LogP contribution in [0, 0.1) is 11.7 Å². The normalized spacial score (nSPS) is 17.8. The molecule has 1 aliphatic heterocycles. The van der Waals surface area contributed by atoms with E-state index < -0.39 is 0 Å². The molecule has 0 aliphatic carbocycles. The lowest BCUT2D eigenvalue weighted by Gasteiger charge is -2.30. The summed E-state index contributed by atoms with van der Waals surface area (Å²) < 4.78 is 18.7. The van der Waals surface area contributed by atoms with Gasteiger partial charge in [-0.2, -0.15) is 0 Å². The average Bonchev–Trinajstić information content (AvgIpc) is 3.09. The minimum Gasteiger partial charge on any atom is -0.459 e. The second-order valence-corrected chi connectivity index (χ2v) is 6.53. The molecule has 1 atom stereocenters. The summed E-state index contributed by atoms with van der Waals surface area (Å²) in [4.78, 5) is 25.3. The summed E-state index contributed by atoms with van der Waals surface area (Å²) in [6.07, 6.45) is 1.65. The number of amides is 2. The fourth-order valence-corrected chi connectivity index (χ4v) is 3.19. The van der Waals surface area contributed by atoms with Gasteiger partial charge in [-0.25, -0.2) is 4.39 Å². The predicted molar refractivity (Wildman–Crippen MR) is 94.3 cm³/mol. The molecule has 6 nitrogen and oxygen atoms in total. The molecular formula is C19H22FN3O3. The van der Waals surface area contributed by atoms with Crippen LogP contribution in [-0.4, -0.2) is 36.3 Å². The molecule has 1 aliphatic rings. The van der Waals surface area contributed by atoms with Crippen LogP contribution in [-0.2, 0) is 16.1 Å². The standard InChI is InChI=1S/C19H22FN3O3/c20-15-5-3-13(4-6-15)17-8-7-16(26-17)10-22-19(25)14-2-1-9-23(11-14)12-18(21)24/h3-8,14H,1-2,9-12H2,(H2,21,24)(H,22,25). The molecule has 3 N–H and O–H groups in total. The van der Waals surface area contributed by atoms with Crippen LogP contribution in [0.3, 0.4) is 0 Å². The second-order valence-electron chi connectivity index (χ2n) is 6.53. The van der Waals surface area contributed by atoms with E-state index in [4.69, 9.17) is 10.2 Å². The lowest BCUT2D eigenvalue weighted by atomic mass is 9.97. The third kappa shape index (κ3) is 4.70. The number of nitrogens with one attached hydrogen (secondary N) is 1. The van der Waals surface area contributed by atoms with E-state index in [2.05, 4.69) is 5.32 Å². The highest BCUT2D eigenvalue weighted by Crippen LogP contribution is 2.22. The maximum atomic E-state index is 13.0. The first-order valence-electron chi connectivity index (χ1n) is 8.64. The maximum Gasteiger partial charge on any atom is 0.231 e. The Kier molecular flexibility index (Phi) is 5.68. The summed E-state index contributed by atoms with van der Waals surface area (Å²) in [5, 5.41) is 2.88. The third-order valence-corrected chi connectivity index (χ3v) is 4.48. The number of nitrogens with zero attached hydrogens (tertiary/aromatic N) is 1. The van der Waals surface area contributed by atoms with Gasteiger partial charge in [0.15, 0.2) is 0 Å². The van der Waals surface area contributed by atoms with Crippen LogP contribution in [0.4, 0.5) is 4.39 Å². The lowest BCUT2D eigenvalue weighted by Crippen LogP contribution is -2.45. The highest BCUT2D eigenvalue weighted by Gasteiger charge is 2.26. The number of nitrogens with two attached hydrogens (primary N) is 1. The molecule has 2 amide bonds. The van der Waals surface area contributed by atoms with Crippen LogP contribution < -0.4 is 11.1 Å². The Bertz CT molecular complexity index is 773. The van der Waals surface area contributed by atoms with E-state index in [-0.39, 0.29) is 36.6 Å². The second kappa shape index (κ2) is 8.14. The van der Waals surface area contributed by atoms with E-state index >= 15 is 0 Å². The number of primary amides is 1. The fraction of sp³-hybridized carbons (Fsp3) is 0.368. The number of furan rings is 1. The molecule has 1 saturated heterocycles. The minimum absolute atomic E-state index is 0.0566. The maximum absolute atomic E-state index is 13.0. The number of piperidine rings is 1. The Morgan fingerprint density at radius 2 is 2.00 bits per heavy atom. The van der Waals surface area contributed by atoms with Crippen molar-refractivity contribution >= 4 is 11.8 Å². The Labute approximate surface area is 151 Å². The van der Waals surface area contributed by atoms with E-state index in [1.165, 1.54) is 12.1 Å².